The lowest BCUT2D eigenvalue weighted by Crippen LogP contribution is -2.35. The van der Waals surface area contributed by atoms with Gasteiger partial charge in [0.05, 0.1) is 0 Å². The van der Waals surface area contributed by atoms with Gasteiger partial charge in [0.15, 0.2) is 0 Å². The first-order valence-corrected chi connectivity index (χ1v) is 6.07. The summed E-state index contributed by atoms with van der Waals surface area (Å²) in [7, 11) is 0. The Morgan fingerprint density at radius 3 is 3.00 bits per heavy atom. The largest absolute Gasteiger partial charge is 0.384 e. The van der Waals surface area contributed by atoms with Gasteiger partial charge in [0.25, 0.3) is 0 Å². The van der Waals surface area contributed by atoms with Gasteiger partial charge < -0.3 is 10.6 Å². The molecule has 0 bridgehead atoms. The second-order valence-corrected chi connectivity index (χ2v) is 4.61. The number of hydrogen-bond acceptors (Lipinski definition) is 4. The quantitative estimate of drug-likeness (QED) is 0.826. The topological polar surface area (TPSA) is 55.0 Å². The molecule has 1 aliphatic heterocycles. The lowest BCUT2D eigenvalue weighted by atomic mass is 10.0. The Morgan fingerprint density at radius 2 is 2.31 bits per heavy atom. The summed E-state index contributed by atoms with van der Waals surface area (Å²) in [5.74, 6) is 3.17. The molecule has 0 radical (unpaired) electrons. The van der Waals surface area contributed by atoms with Gasteiger partial charge >= 0.3 is 0 Å². The Bertz CT molecular complexity index is 364. The van der Waals surface area contributed by atoms with Gasteiger partial charge in [0, 0.05) is 25.6 Å². The van der Waals surface area contributed by atoms with Crippen molar-refractivity contribution in [3.05, 3.63) is 11.9 Å². The van der Waals surface area contributed by atoms with Crippen LogP contribution in [0.2, 0.25) is 0 Å². The smallest absolute Gasteiger partial charge is 0.134 e. The predicted octanol–water partition coefficient (Wildman–Crippen LogP) is 1.86. The highest BCUT2D eigenvalue weighted by Crippen LogP contribution is 2.22. The third-order valence-electron chi connectivity index (χ3n) is 3.08. The van der Waals surface area contributed by atoms with Gasteiger partial charge in [-0.1, -0.05) is 13.8 Å². The first-order chi connectivity index (χ1) is 7.69. The van der Waals surface area contributed by atoms with Gasteiger partial charge in [0.2, 0.25) is 0 Å². The van der Waals surface area contributed by atoms with Crippen LogP contribution in [0.1, 0.15) is 32.5 Å². The third kappa shape index (κ3) is 2.43. The van der Waals surface area contributed by atoms with Crippen LogP contribution in [0.25, 0.3) is 0 Å². The van der Waals surface area contributed by atoms with E-state index in [0.717, 1.165) is 37.1 Å². The average Bonchev–Trinajstić information content (AvgIpc) is 2.28. The van der Waals surface area contributed by atoms with Gasteiger partial charge in [-0.15, -0.1) is 0 Å². The fraction of sp³-hybridized carbons (Fsp3) is 0.667. The summed E-state index contributed by atoms with van der Waals surface area (Å²) in [6, 6.07) is 1.89. The van der Waals surface area contributed by atoms with Crippen LogP contribution >= 0.6 is 0 Å². The van der Waals surface area contributed by atoms with Gasteiger partial charge in [-0.05, 0) is 18.8 Å². The van der Waals surface area contributed by atoms with Crippen LogP contribution in [0.5, 0.6) is 0 Å². The number of hydrogen-bond donors (Lipinski definition) is 1. The highest BCUT2D eigenvalue weighted by Gasteiger charge is 2.18. The van der Waals surface area contributed by atoms with E-state index in [1.807, 2.05) is 6.07 Å². The fourth-order valence-corrected chi connectivity index (χ4v) is 2.22. The maximum atomic E-state index is 5.80. The molecule has 0 amide bonds. The molecule has 0 aliphatic carbocycles. The summed E-state index contributed by atoms with van der Waals surface area (Å²) in [5, 5.41) is 0. The molecule has 1 unspecified atom stereocenters. The molecule has 0 spiro atoms. The fourth-order valence-electron chi connectivity index (χ4n) is 2.22. The van der Waals surface area contributed by atoms with Crippen molar-refractivity contribution in [2.75, 3.05) is 23.7 Å². The number of rotatable bonds is 2. The van der Waals surface area contributed by atoms with E-state index in [0.29, 0.717) is 5.82 Å². The Labute approximate surface area is 96.9 Å². The molecule has 88 valence electrons. The molecule has 0 saturated carbocycles. The van der Waals surface area contributed by atoms with Crippen LogP contribution < -0.4 is 10.6 Å². The van der Waals surface area contributed by atoms with Crippen molar-refractivity contribution in [3.8, 4) is 0 Å². The third-order valence-corrected chi connectivity index (χ3v) is 3.08. The van der Waals surface area contributed by atoms with Crippen molar-refractivity contribution in [1.29, 1.82) is 0 Å². The zero-order valence-corrected chi connectivity index (χ0v) is 10.1. The maximum absolute atomic E-state index is 5.80. The van der Waals surface area contributed by atoms with Crippen LogP contribution in [0.15, 0.2) is 6.07 Å². The Kier molecular flexibility index (Phi) is 3.27. The molecule has 16 heavy (non-hydrogen) atoms. The minimum atomic E-state index is 0.583. The number of nitrogens with two attached hydrogens (primary N) is 1. The highest BCUT2D eigenvalue weighted by atomic mass is 15.2. The SMILES string of the molecule is CCc1nc(N)cc(N2CCCC(C)C2)n1. The van der Waals surface area contributed by atoms with E-state index in [2.05, 4.69) is 28.7 Å². The van der Waals surface area contributed by atoms with Crippen LogP contribution in [0.3, 0.4) is 0 Å². The standard InChI is InChI=1S/C12H20N4/c1-3-11-14-10(13)7-12(15-11)16-6-4-5-9(2)8-16/h7,9H,3-6,8H2,1-2H3,(H2,13,14,15). The highest BCUT2D eigenvalue weighted by molar-refractivity contribution is 5.47. The minimum Gasteiger partial charge on any atom is -0.384 e. The minimum absolute atomic E-state index is 0.583. The van der Waals surface area contributed by atoms with E-state index in [1.165, 1.54) is 12.8 Å². The van der Waals surface area contributed by atoms with Gasteiger partial charge in [-0.2, -0.15) is 0 Å². The Morgan fingerprint density at radius 1 is 1.50 bits per heavy atom. The van der Waals surface area contributed by atoms with Gasteiger partial charge in [-0.25, -0.2) is 9.97 Å². The summed E-state index contributed by atoms with van der Waals surface area (Å²) in [6.07, 6.45) is 3.39. The number of aromatic nitrogens is 2. The van der Waals surface area contributed by atoms with Gasteiger partial charge in [0.1, 0.15) is 17.5 Å². The number of piperidine rings is 1. The second-order valence-electron chi connectivity index (χ2n) is 4.61. The molecule has 1 fully saturated rings. The first kappa shape index (κ1) is 11.2. The van der Waals surface area contributed by atoms with Crippen LogP contribution in [-0.2, 0) is 6.42 Å². The lowest BCUT2D eigenvalue weighted by Gasteiger charge is -2.32. The molecule has 0 aromatic carbocycles. The van der Waals surface area contributed by atoms with E-state index in [1.54, 1.807) is 0 Å². The first-order valence-electron chi connectivity index (χ1n) is 6.07. The number of anilines is 2. The van der Waals surface area contributed by atoms with Crippen molar-refractivity contribution in [1.82, 2.24) is 9.97 Å². The van der Waals surface area contributed by atoms with Crippen molar-refractivity contribution < 1.29 is 0 Å². The summed E-state index contributed by atoms with van der Waals surface area (Å²) in [5.41, 5.74) is 5.80. The predicted molar refractivity (Wildman–Crippen MR) is 66.4 cm³/mol. The number of nitrogens with zero attached hydrogens (tertiary/aromatic N) is 3. The van der Waals surface area contributed by atoms with Gasteiger partial charge in [-0.3, -0.25) is 0 Å². The molecule has 4 heteroatoms. The maximum Gasteiger partial charge on any atom is 0.134 e. The average molecular weight is 220 g/mol. The van der Waals surface area contributed by atoms with E-state index >= 15 is 0 Å². The lowest BCUT2D eigenvalue weighted by molar-refractivity contribution is 0.444. The molecule has 2 rings (SSSR count). The number of nitrogen functional groups attached to an aromatic ring is 1. The molecule has 2 N–H and O–H groups in total. The molecule has 1 aromatic heterocycles. The summed E-state index contributed by atoms with van der Waals surface area (Å²) in [4.78, 5) is 11.1. The van der Waals surface area contributed by atoms with Crippen molar-refractivity contribution in [2.45, 2.75) is 33.1 Å². The molecule has 4 nitrogen and oxygen atoms in total. The molecule has 1 atom stereocenters. The molecule has 1 saturated heterocycles. The van der Waals surface area contributed by atoms with E-state index < -0.39 is 0 Å². The van der Waals surface area contributed by atoms with Crippen molar-refractivity contribution in [3.63, 3.8) is 0 Å². The molecular formula is C12H20N4. The molecule has 2 heterocycles. The monoisotopic (exact) mass is 220 g/mol. The summed E-state index contributed by atoms with van der Waals surface area (Å²) < 4.78 is 0. The van der Waals surface area contributed by atoms with Crippen LogP contribution in [0.4, 0.5) is 11.6 Å². The Hall–Kier alpha value is -1.32. The molecular weight excluding hydrogens is 200 g/mol. The van der Waals surface area contributed by atoms with Crippen LogP contribution in [-0.4, -0.2) is 23.1 Å². The summed E-state index contributed by atoms with van der Waals surface area (Å²) in [6.45, 7) is 6.51. The van der Waals surface area contributed by atoms with E-state index in [9.17, 15) is 0 Å². The summed E-state index contributed by atoms with van der Waals surface area (Å²) >= 11 is 0. The normalized spacial score (nSPS) is 21.1. The van der Waals surface area contributed by atoms with E-state index in [4.69, 9.17) is 5.73 Å². The van der Waals surface area contributed by atoms with E-state index in [-0.39, 0.29) is 0 Å². The zero-order chi connectivity index (χ0) is 11.5. The second kappa shape index (κ2) is 4.68. The van der Waals surface area contributed by atoms with Crippen molar-refractivity contribution >= 4 is 11.6 Å². The Balaban J connectivity index is 2.21. The number of aryl methyl sites for hydroxylation is 1. The molecule has 1 aliphatic rings. The molecule has 1 aromatic rings. The van der Waals surface area contributed by atoms with Crippen molar-refractivity contribution in [2.24, 2.45) is 5.92 Å². The van der Waals surface area contributed by atoms with Crippen LogP contribution in [0, 0.1) is 5.92 Å². The zero-order valence-electron chi connectivity index (χ0n) is 10.1.